The first kappa shape index (κ1) is 11.9. The van der Waals surface area contributed by atoms with Gasteiger partial charge in [-0.2, -0.15) is 0 Å². The Labute approximate surface area is 109 Å². The lowest BCUT2D eigenvalue weighted by atomic mass is 10.3. The highest BCUT2D eigenvalue weighted by Gasteiger charge is 2.00. The fourth-order valence-electron chi connectivity index (χ4n) is 1.35. The van der Waals surface area contributed by atoms with Gasteiger partial charge >= 0.3 is 0 Å². The van der Waals surface area contributed by atoms with Crippen LogP contribution in [0.5, 0.6) is 11.5 Å². The molecule has 0 radical (unpaired) electrons. The topological polar surface area (TPSA) is 31.4 Å². The van der Waals surface area contributed by atoms with E-state index in [4.69, 9.17) is 9.47 Å². The third-order valence-corrected chi connectivity index (χ3v) is 3.02. The van der Waals surface area contributed by atoms with E-state index in [1.807, 2.05) is 30.3 Å². The second-order valence-corrected chi connectivity index (χ2v) is 4.29. The van der Waals surface area contributed by atoms with Gasteiger partial charge in [0.25, 0.3) is 0 Å². The minimum Gasteiger partial charge on any atom is -0.497 e. The Morgan fingerprint density at radius 3 is 2.47 bits per heavy atom. The fourth-order valence-corrected chi connectivity index (χ4v) is 1.72. The van der Waals surface area contributed by atoms with Gasteiger partial charge in [-0.25, -0.2) is 0 Å². The lowest BCUT2D eigenvalue weighted by Crippen LogP contribution is -1.96. The number of nitrogens with zero attached hydrogens (tertiary/aromatic N) is 1. The molecule has 0 bridgehead atoms. The normalized spacial score (nSPS) is 10.0. The second kappa shape index (κ2) is 5.68. The molecule has 0 aliphatic heterocycles. The molecule has 1 heterocycles. The number of ether oxygens (including phenoxy) is 2. The highest BCUT2D eigenvalue weighted by Crippen LogP contribution is 2.20. The summed E-state index contributed by atoms with van der Waals surface area (Å²) >= 11 is 3.43. The first-order valence-electron chi connectivity index (χ1n) is 5.15. The lowest BCUT2D eigenvalue weighted by molar-refractivity contribution is 0.304. The van der Waals surface area contributed by atoms with Crippen molar-refractivity contribution in [3.8, 4) is 11.5 Å². The van der Waals surface area contributed by atoms with Gasteiger partial charge in [0.05, 0.1) is 7.11 Å². The van der Waals surface area contributed by atoms with Crippen molar-refractivity contribution in [1.82, 2.24) is 4.98 Å². The zero-order valence-corrected chi connectivity index (χ0v) is 11.0. The predicted octanol–water partition coefficient (Wildman–Crippen LogP) is 3.43. The molecule has 4 heteroatoms. The summed E-state index contributed by atoms with van der Waals surface area (Å²) in [5.74, 6) is 1.64. The van der Waals surface area contributed by atoms with Crippen molar-refractivity contribution in [2.75, 3.05) is 7.11 Å². The van der Waals surface area contributed by atoms with Gasteiger partial charge in [-0.05, 0) is 46.3 Å². The van der Waals surface area contributed by atoms with Gasteiger partial charge < -0.3 is 9.47 Å². The van der Waals surface area contributed by atoms with Crippen LogP contribution in [-0.2, 0) is 6.61 Å². The van der Waals surface area contributed by atoms with Crippen LogP contribution in [0.2, 0.25) is 0 Å². The van der Waals surface area contributed by atoms with E-state index < -0.39 is 0 Å². The molecular weight excluding hydrogens is 282 g/mol. The van der Waals surface area contributed by atoms with Gasteiger partial charge in [0.2, 0.25) is 0 Å². The summed E-state index contributed by atoms with van der Waals surface area (Å²) in [4.78, 5) is 4.00. The summed E-state index contributed by atoms with van der Waals surface area (Å²) in [5.41, 5.74) is 1.07. The maximum absolute atomic E-state index is 5.66. The van der Waals surface area contributed by atoms with Crippen molar-refractivity contribution in [3.63, 3.8) is 0 Å². The first-order chi connectivity index (χ1) is 8.29. The molecule has 0 fully saturated rings. The zero-order chi connectivity index (χ0) is 12.1. The summed E-state index contributed by atoms with van der Waals surface area (Å²) < 4.78 is 11.7. The number of pyridine rings is 1. The number of benzene rings is 1. The highest BCUT2D eigenvalue weighted by atomic mass is 79.9. The van der Waals surface area contributed by atoms with E-state index >= 15 is 0 Å². The van der Waals surface area contributed by atoms with Crippen LogP contribution in [0.1, 0.15) is 5.56 Å². The molecule has 2 aromatic rings. The van der Waals surface area contributed by atoms with Crippen LogP contribution in [0.4, 0.5) is 0 Å². The zero-order valence-electron chi connectivity index (χ0n) is 9.39. The minimum atomic E-state index is 0.509. The SMILES string of the molecule is COc1ccc(OCc2ccncc2Br)cc1. The molecule has 0 aliphatic rings. The average molecular weight is 294 g/mol. The minimum absolute atomic E-state index is 0.509. The second-order valence-electron chi connectivity index (χ2n) is 3.43. The van der Waals surface area contributed by atoms with Crippen molar-refractivity contribution in [2.24, 2.45) is 0 Å². The Morgan fingerprint density at radius 1 is 1.12 bits per heavy atom. The van der Waals surface area contributed by atoms with Gasteiger partial charge in [-0.1, -0.05) is 0 Å². The predicted molar refractivity (Wildman–Crippen MR) is 69.3 cm³/mol. The summed E-state index contributed by atoms with van der Waals surface area (Å²) in [6.07, 6.45) is 3.50. The molecule has 0 saturated heterocycles. The van der Waals surface area contributed by atoms with Crippen LogP contribution >= 0.6 is 15.9 Å². The maximum Gasteiger partial charge on any atom is 0.120 e. The molecule has 0 spiro atoms. The van der Waals surface area contributed by atoms with E-state index in [1.54, 1.807) is 19.5 Å². The molecule has 3 nitrogen and oxygen atoms in total. The highest BCUT2D eigenvalue weighted by molar-refractivity contribution is 9.10. The van der Waals surface area contributed by atoms with E-state index in [-0.39, 0.29) is 0 Å². The molecule has 17 heavy (non-hydrogen) atoms. The van der Waals surface area contributed by atoms with Gasteiger partial charge in [-0.3, -0.25) is 4.98 Å². The maximum atomic E-state index is 5.66. The molecule has 2 rings (SSSR count). The van der Waals surface area contributed by atoms with E-state index in [1.165, 1.54) is 0 Å². The molecule has 1 aromatic carbocycles. The first-order valence-corrected chi connectivity index (χ1v) is 5.94. The third-order valence-electron chi connectivity index (χ3n) is 2.31. The number of rotatable bonds is 4. The quantitative estimate of drug-likeness (QED) is 0.865. The molecule has 0 atom stereocenters. The summed E-state index contributed by atoms with van der Waals surface area (Å²) in [6, 6.07) is 9.43. The molecule has 0 aliphatic carbocycles. The summed E-state index contributed by atoms with van der Waals surface area (Å²) in [5, 5.41) is 0. The van der Waals surface area contributed by atoms with E-state index in [0.29, 0.717) is 6.61 Å². The van der Waals surface area contributed by atoms with Crippen molar-refractivity contribution >= 4 is 15.9 Å². The van der Waals surface area contributed by atoms with Gasteiger partial charge in [0.1, 0.15) is 18.1 Å². The van der Waals surface area contributed by atoms with Crippen molar-refractivity contribution in [3.05, 3.63) is 52.8 Å². The van der Waals surface area contributed by atoms with Crippen molar-refractivity contribution in [2.45, 2.75) is 6.61 Å². The van der Waals surface area contributed by atoms with Gasteiger partial charge in [0, 0.05) is 22.4 Å². The molecule has 0 N–H and O–H groups in total. The fraction of sp³-hybridized carbons (Fsp3) is 0.154. The van der Waals surface area contributed by atoms with Crippen LogP contribution in [0.15, 0.2) is 47.2 Å². The van der Waals surface area contributed by atoms with Crippen molar-refractivity contribution in [1.29, 1.82) is 0 Å². The molecule has 88 valence electrons. The van der Waals surface area contributed by atoms with Gasteiger partial charge in [0.15, 0.2) is 0 Å². The number of halogens is 1. The summed E-state index contributed by atoms with van der Waals surface area (Å²) in [6.45, 7) is 0.509. The Bertz CT molecular complexity index is 485. The van der Waals surface area contributed by atoms with Crippen LogP contribution < -0.4 is 9.47 Å². The third kappa shape index (κ3) is 3.20. The standard InChI is InChI=1S/C13H12BrNO2/c1-16-11-2-4-12(5-3-11)17-9-10-6-7-15-8-13(10)14/h2-8H,9H2,1H3. The van der Waals surface area contributed by atoms with Crippen molar-refractivity contribution < 1.29 is 9.47 Å². The van der Waals surface area contributed by atoms with E-state index in [9.17, 15) is 0 Å². The number of methoxy groups -OCH3 is 1. The van der Waals surface area contributed by atoms with Crippen LogP contribution in [0, 0.1) is 0 Å². The molecule has 0 unspecified atom stereocenters. The number of aromatic nitrogens is 1. The lowest BCUT2D eigenvalue weighted by Gasteiger charge is -2.08. The smallest absolute Gasteiger partial charge is 0.120 e. The molecule has 0 saturated carbocycles. The van der Waals surface area contributed by atoms with Crippen LogP contribution in [-0.4, -0.2) is 12.1 Å². The Hall–Kier alpha value is -1.55. The van der Waals surface area contributed by atoms with Gasteiger partial charge in [-0.15, -0.1) is 0 Å². The Morgan fingerprint density at radius 2 is 1.82 bits per heavy atom. The van der Waals surface area contributed by atoms with E-state index in [2.05, 4.69) is 20.9 Å². The van der Waals surface area contributed by atoms with E-state index in [0.717, 1.165) is 21.5 Å². The monoisotopic (exact) mass is 293 g/mol. The number of hydrogen-bond acceptors (Lipinski definition) is 3. The van der Waals surface area contributed by atoms with Crippen LogP contribution in [0.25, 0.3) is 0 Å². The summed E-state index contributed by atoms with van der Waals surface area (Å²) in [7, 11) is 1.64. The largest absolute Gasteiger partial charge is 0.497 e. The Balaban J connectivity index is 2.00. The molecule has 0 amide bonds. The van der Waals surface area contributed by atoms with Crippen LogP contribution in [0.3, 0.4) is 0 Å². The Kier molecular flexibility index (Phi) is 3.98. The molecular formula is C13H12BrNO2. The average Bonchev–Trinajstić information content (AvgIpc) is 2.38. The molecule has 1 aromatic heterocycles. The number of hydrogen-bond donors (Lipinski definition) is 0.